The molecule has 0 aliphatic heterocycles. The topological polar surface area (TPSA) is 78.9 Å². The highest BCUT2D eigenvalue weighted by molar-refractivity contribution is 14.1. The summed E-state index contributed by atoms with van der Waals surface area (Å²) in [6, 6.07) is 7.78. The molecule has 0 heterocycles. The van der Waals surface area contributed by atoms with Gasteiger partial charge in [0.2, 0.25) is 0 Å². The number of unbranched alkanes of at least 4 members (excludes halogenated alkanes) is 1. The van der Waals surface area contributed by atoms with Gasteiger partial charge in [0.1, 0.15) is 0 Å². The van der Waals surface area contributed by atoms with Crippen molar-refractivity contribution in [2.24, 2.45) is 0 Å². The smallest absolute Gasteiger partial charge is 0.338 e. The molecule has 0 bridgehead atoms. The molecule has 2 fully saturated rings. The number of ether oxygens (including phenoxy) is 3. The molecule has 0 unspecified atom stereocenters. The van der Waals surface area contributed by atoms with E-state index in [-0.39, 0.29) is 17.7 Å². The third-order valence-corrected chi connectivity index (χ3v) is 8.69. The van der Waals surface area contributed by atoms with Gasteiger partial charge in [-0.2, -0.15) is 0 Å². The van der Waals surface area contributed by atoms with Gasteiger partial charge < -0.3 is 14.2 Å². The van der Waals surface area contributed by atoms with Crippen LogP contribution in [0.3, 0.4) is 0 Å². The largest absolute Gasteiger partial charge is 0.502 e. The summed E-state index contributed by atoms with van der Waals surface area (Å²) in [5, 5.41) is 0. The lowest BCUT2D eigenvalue weighted by molar-refractivity contribution is 0.0590. The number of aryl methyl sites for hydroxylation is 2. The summed E-state index contributed by atoms with van der Waals surface area (Å²) in [6.07, 6.45) is 11.2. The van der Waals surface area contributed by atoms with E-state index in [1.807, 2.05) is 26.0 Å². The van der Waals surface area contributed by atoms with E-state index in [1.165, 1.54) is 61.7 Å². The molecule has 4 rings (SSSR count). The second kappa shape index (κ2) is 17.3. The summed E-state index contributed by atoms with van der Waals surface area (Å²) >= 11 is 2.32. The Balaban J connectivity index is 0.000000236. The maximum Gasteiger partial charge on any atom is 0.338 e. The van der Waals surface area contributed by atoms with Crippen LogP contribution in [-0.4, -0.2) is 38.5 Å². The summed E-state index contributed by atoms with van der Waals surface area (Å²) < 4.78 is 15.5. The third-order valence-electron chi connectivity index (χ3n) is 7.75. The molecule has 0 radical (unpaired) electrons. The standard InChI is InChI=1S/C15H18O3.C13H15IO2.C6H12O/c1-9-7-14(11-5-4-6-11)13(10(2)16)8-12(9)15(17)18-3;1-8-6-11(9-4-3-5-9)12(14)7-10(8)13(15)16-2;1-3-5-6-7-4-2/h7-8,11H,4-6H2,1-3H3;6-7,9H,3-5H2,1-2H3;4H,2-3,5-6H2,1H3. The Morgan fingerprint density at radius 3 is 1.76 bits per heavy atom. The van der Waals surface area contributed by atoms with Gasteiger partial charge in [-0.3, -0.25) is 4.79 Å². The van der Waals surface area contributed by atoms with Crippen LogP contribution in [0.4, 0.5) is 0 Å². The fourth-order valence-electron chi connectivity index (χ4n) is 4.80. The van der Waals surface area contributed by atoms with Crippen molar-refractivity contribution in [3.8, 4) is 0 Å². The molecule has 41 heavy (non-hydrogen) atoms. The predicted octanol–water partition coefficient (Wildman–Crippen LogP) is 8.85. The van der Waals surface area contributed by atoms with Crippen LogP contribution in [0.25, 0.3) is 0 Å². The zero-order valence-electron chi connectivity index (χ0n) is 25.4. The molecule has 0 aromatic heterocycles. The van der Waals surface area contributed by atoms with Crippen LogP contribution in [0.2, 0.25) is 0 Å². The van der Waals surface area contributed by atoms with Crippen LogP contribution in [-0.2, 0) is 14.2 Å². The fraction of sp³-hybridized carbons (Fsp3) is 0.500. The Morgan fingerprint density at radius 1 is 0.854 bits per heavy atom. The average molecular weight is 677 g/mol. The number of ketones is 1. The minimum absolute atomic E-state index is 0.0158. The van der Waals surface area contributed by atoms with Gasteiger partial charge in [-0.15, -0.1) is 0 Å². The van der Waals surface area contributed by atoms with Crippen LogP contribution in [0.15, 0.2) is 37.1 Å². The van der Waals surface area contributed by atoms with Crippen molar-refractivity contribution in [1.82, 2.24) is 0 Å². The van der Waals surface area contributed by atoms with E-state index in [0.29, 0.717) is 28.5 Å². The van der Waals surface area contributed by atoms with Gasteiger partial charge in [-0.05, 0) is 122 Å². The summed E-state index contributed by atoms with van der Waals surface area (Å²) in [4.78, 5) is 34.9. The van der Waals surface area contributed by atoms with E-state index >= 15 is 0 Å². The minimum Gasteiger partial charge on any atom is -0.502 e. The van der Waals surface area contributed by atoms with Gasteiger partial charge >= 0.3 is 11.9 Å². The first-order chi connectivity index (χ1) is 19.6. The Bertz CT molecular complexity index is 1210. The minimum atomic E-state index is -0.379. The lowest BCUT2D eigenvalue weighted by Gasteiger charge is -2.28. The molecule has 2 aliphatic carbocycles. The number of carbonyl (C=O) groups excluding carboxylic acids is 3. The molecule has 0 saturated heterocycles. The van der Waals surface area contributed by atoms with Crippen LogP contribution >= 0.6 is 22.6 Å². The normalized spacial score (nSPS) is 14.1. The molecular weight excluding hydrogens is 631 g/mol. The van der Waals surface area contributed by atoms with Gasteiger partial charge in [0.15, 0.2) is 5.78 Å². The van der Waals surface area contributed by atoms with Gasteiger partial charge in [-0.25, -0.2) is 9.59 Å². The molecule has 0 N–H and O–H groups in total. The number of hydrogen-bond acceptors (Lipinski definition) is 6. The molecule has 2 aromatic rings. The van der Waals surface area contributed by atoms with Crippen LogP contribution in [0, 0.1) is 17.4 Å². The zero-order valence-corrected chi connectivity index (χ0v) is 27.6. The van der Waals surface area contributed by atoms with Gasteiger partial charge in [0.25, 0.3) is 0 Å². The number of halogens is 1. The Kier molecular flexibility index (Phi) is 14.6. The Hall–Kier alpha value is -2.68. The summed E-state index contributed by atoms with van der Waals surface area (Å²) in [5.41, 5.74) is 6.25. The number of carbonyl (C=O) groups is 3. The second-order valence-corrected chi connectivity index (χ2v) is 11.8. The zero-order chi connectivity index (χ0) is 30.5. The van der Waals surface area contributed by atoms with Gasteiger partial charge in [-0.1, -0.05) is 44.9 Å². The monoisotopic (exact) mass is 676 g/mol. The Labute approximate surface area is 259 Å². The molecule has 6 nitrogen and oxygen atoms in total. The van der Waals surface area contributed by atoms with E-state index in [9.17, 15) is 14.4 Å². The quantitative estimate of drug-likeness (QED) is 0.0869. The van der Waals surface area contributed by atoms with E-state index in [0.717, 1.165) is 42.6 Å². The highest BCUT2D eigenvalue weighted by Crippen LogP contribution is 2.40. The van der Waals surface area contributed by atoms with Crippen molar-refractivity contribution < 1.29 is 28.6 Å². The number of rotatable bonds is 9. The number of benzene rings is 2. The molecule has 7 heteroatoms. The average Bonchev–Trinajstić information content (AvgIpc) is 2.88. The van der Waals surface area contributed by atoms with E-state index in [2.05, 4.69) is 42.2 Å². The first kappa shape index (κ1) is 34.5. The first-order valence-corrected chi connectivity index (χ1v) is 15.5. The van der Waals surface area contributed by atoms with Crippen LogP contribution < -0.4 is 0 Å². The maximum absolute atomic E-state index is 11.7. The van der Waals surface area contributed by atoms with Gasteiger partial charge in [0, 0.05) is 9.13 Å². The highest BCUT2D eigenvalue weighted by atomic mass is 127. The summed E-state index contributed by atoms with van der Waals surface area (Å²) in [6.45, 7) is 11.8. The SMILES string of the molecule is C=COCCCC.COC(=O)c1cc(C(C)=O)c(C2CCC2)cc1C.COC(=O)c1cc(I)c(C2CCC2)cc1C. The first-order valence-electron chi connectivity index (χ1n) is 14.4. The molecule has 0 spiro atoms. The van der Waals surface area contributed by atoms with Crippen molar-refractivity contribution in [2.75, 3.05) is 20.8 Å². The van der Waals surface area contributed by atoms with Crippen LogP contribution in [0.1, 0.15) is 130 Å². The van der Waals surface area contributed by atoms with E-state index in [4.69, 9.17) is 14.2 Å². The molecule has 2 saturated carbocycles. The summed E-state index contributed by atoms with van der Waals surface area (Å²) in [5.74, 6) is 0.583. The van der Waals surface area contributed by atoms with E-state index < -0.39 is 0 Å². The van der Waals surface area contributed by atoms with Crippen molar-refractivity contribution in [1.29, 1.82) is 0 Å². The molecule has 224 valence electrons. The fourth-order valence-corrected chi connectivity index (χ4v) is 5.71. The molecule has 0 atom stereocenters. The lowest BCUT2D eigenvalue weighted by Crippen LogP contribution is -2.15. The molecule has 2 aromatic carbocycles. The Morgan fingerprint density at radius 2 is 1.34 bits per heavy atom. The van der Waals surface area contributed by atoms with Crippen molar-refractivity contribution >= 4 is 40.3 Å². The molecule has 2 aliphatic rings. The van der Waals surface area contributed by atoms with Gasteiger partial charge in [0.05, 0.1) is 38.2 Å². The predicted molar refractivity (Wildman–Crippen MR) is 172 cm³/mol. The van der Waals surface area contributed by atoms with Crippen molar-refractivity contribution in [3.63, 3.8) is 0 Å². The number of methoxy groups -OCH3 is 2. The summed E-state index contributed by atoms with van der Waals surface area (Å²) in [7, 11) is 2.78. The van der Waals surface area contributed by atoms with E-state index in [1.54, 1.807) is 13.0 Å². The number of esters is 2. The second-order valence-electron chi connectivity index (χ2n) is 10.6. The third kappa shape index (κ3) is 9.69. The highest BCUT2D eigenvalue weighted by Gasteiger charge is 2.26. The van der Waals surface area contributed by atoms with Crippen LogP contribution in [0.5, 0.6) is 0 Å². The molecular formula is C34H45IO6. The van der Waals surface area contributed by atoms with Crippen molar-refractivity contribution in [2.45, 2.75) is 90.9 Å². The maximum atomic E-state index is 11.7. The number of Topliss-reactive ketones (excluding diaryl/α,β-unsaturated/α-hetero) is 1. The molecule has 0 amide bonds. The lowest BCUT2D eigenvalue weighted by atomic mass is 9.76. The van der Waals surface area contributed by atoms with Crippen molar-refractivity contribution in [3.05, 3.63) is 79.6 Å². The number of hydrogen-bond donors (Lipinski definition) is 0.